The third-order valence-corrected chi connectivity index (χ3v) is 10.8. The molecule has 3 aromatic rings. The van der Waals surface area contributed by atoms with E-state index in [2.05, 4.69) is 12.0 Å². The summed E-state index contributed by atoms with van der Waals surface area (Å²) in [5.41, 5.74) is 3.30. The topological polar surface area (TPSA) is 72.3 Å². The smallest absolute Gasteiger partial charge is 0.338 e. The zero-order valence-electron chi connectivity index (χ0n) is 25.5. The van der Waals surface area contributed by atoms with Crippen molar-refractivity contribution in [3.8, 4) is 11.4 Å². The fourth-order valence-electron chi connectivity index (χ4n) is 8.67. The van der Waals surface area contributed by atoms with Crippen molar-refractivity contribution in [3.63, 3.8) is 0 Å². The fourth-order valence-corrected chi connectivity index (χ4v) is 9.03. The number of ether oxygens (including phenoxy) is 1. The van der Waals surface area contributed by atoms with E-state index in [0.29, 0.717) is 28.7 Å². The Kier molecular flexibility index (Phi) is 9.57. The molecule has 7 heteroatoms. The second-order valence-corrected chi connectivity index (χ2v) is 14.2. The molecule has 0 radical (unpaired) electrons. The first kappa shape index (κ1) is 29.7. The first-order chi connectivity index (χ1) is 20.5. The van der Waals surface area contributed by atoms with Crippen molar-refractivity contribution < 1.29 is 9.53 Å². The van der Waals surface area contributed by atoms with Crippen molar-refractivity contribution in [1.82, 2.24) is 19.8 Å². The molecule has 2 heterocycles. The van der Waals surface area contributed by atoms with Crippen LogP contribution in [0.4, 0.5) is 0 Å². The zero-order chi connectivity index (χ0) is 28.9. The van der Waals surface area contributed by atoms with E-state index in [9.17, 15) is 4.79 Å². The molecule has 4 saturated carbocycles. The fraction of sp³-hybridized carbons (Fsp3) is 0.686. The Labute approximate surface area is 256 Å². The lowest BCUT2D eigenvalue weighted by Crippen LogP contribution is -2.48. The SMILES string of the molecule is CCCCCCCCCCCCCCOC(=O)c1cccc(-c2nc3c(Cl)c(C45CC6CC(CC(C6)C4)C5)[nH]n3n2)c1. The summed E-state index contributed by atoms with van der Waals surface area (Å²) in [5, 5.41) is 9.00. The number of fused-ring (bicyclic) bond motifs is 1. The van der Waals surface area contributed by atoms with Gasteiger partial charge in [0, 0.05) is 11.0 Å². The number of carbonyl (C=O) groups excluding carboxylic acids is 1. The van der Waals surface area contributed by atoms with Crippen molar-refractivity contribution in [1.29, 1.82) is 0 Å². The van der Waals surface area contributed by atoms with Crippen LogP contribution in [0, 0.1) is 17.8 Å². The molecule has 0 aliphatic heterocycles. The van der Waals surface area contributed by atoms with Crippen molar-refractivity contribution in [2.75, 3.05) is 6.61 Å². The molecule has 0 amide bonds. The average molecular weight is 593 g/mol. The minimum atomic E-state index is -0.285. The lowest BCUT2D eigenvalue weighted by Gasteiger charge is -2.56. The van der Waals surface area contributed by atoms with Crippen molar-refractivity contribution in [2.24, 2.45) is 17.8 Å². The largest absolute Gasteiger partial charge is 0.462 e. The molecular weight excluding hydrogens is 544 g/mol. The van der Waals surface area contributed by atoms with E-state index < -0.39 is 0 Å². The second kappa shape index (κ2) is 13.5. The number of rotatable bonds is 16. The standard InChI is InChI=1S/C35H49ClN4O2/c1-2-3-4-5-6-7-8-9-10-11-12-13-17-42-34(41)29-16-14-15-28(21-29)32-37-33-30(36)31(38-40(33)39-32)35-22-25-18-26(23-35)20-27(19-25)24-35/h14-16,21,25-27,38H,2-13,17-20,22-24H2,1H3. The van der Waals surface area contributed by atoms with Crippen molar-refractivity contribution in [2.45, 2.75) is 128 Å². The zero-order valence-corrected chi connectivity index (χ0v) is 26.3. The molecule has 0 spiro atoms. The Morgan fingerprint density at radius 2 is 1.52 bits per heavy atom. The van der Waals surface area contributed by atoms with E-state index in [-0.39, 0.29) is 11.4 Å². The van der Waals surface area contributed by atoms with Crippen LogP contribution >= 0.6 is 11.6 Å². The molecule has 4 bridgehead atoms. The number of halogens is 1. The van der Waals surface area contributed by atoms with Crippen molar-refractivity contribution >= 4 is 23.2 Å². The van der Waals surface area contributed by atoms with Gasteiger partial charge in [0.15, 0.2) is 11.5 Å². The monoisotopic (exact) mass is 592 g/mol. The van der Waals surface area contributed by atoms with E-state index in [1.54, 1.807) is 10.7 Å². The molecule has 4 aliphatic rings. The van der Waals surface area contributed by atoms with Crippen LogP contribution in [0.2, 0.25) is 5.02 Å². The molecule has 0 unspecified atom stereocenters. The van der Waals surface area contributed by atoms with Crippen LogP contribution in [0.25, 0.3) is 17.0 Å². The first-order valence-corrected chi connectivity index (χ1v) is 17.3. The van der Waals surface area contributed by atoms with E-state index in [1.165, 1.54) is 103 Å². The Balaban J connectivity index is 0.971. The maximum atomic E-state index is 12.8. The van der Waals surface area contributed by atoms with Gasteiger partial charge in [0.25, 0.3) is 0 Å². The molecule has 0 saturated heterocycles. The predicted molar refractivity (Wildman–Crippen MR) is 169 cm³/mol. The van der Waals surface area contributed by atoms with Gasteiger partial charge in [0.2, 0.25) is 0 Å². The summed E-state index contributed by atoms with van der Waals surface area (Å²) in [6.45, 7) is 2.74. The number of unbranched alkanes of at least 4 members (excludes halogenated alkanes) is 11. The molecule has 2 aromatic heterocycles. The maximum absolute atomic E-state index is 12.8. The highest BCUT2D eigenvalue weighted by Crippen LogP contribution is 2.61. The van der Waals surface area contributed by atoms with E-state index in [1.807, 2.05) is 18.2 Å². The van der Waals surface area contributed by atoms with Crippen LogP contribution in [-0.4, -0.2) is 32.4 Å². The summed E-state index contributed by atoms with van der Waals surface area (Å²) < 4.78 is 7.33. The van der Waals surface area contributed by atoms with E-state index in [4.69, 9.17) is 26.4 Å². The van der Waals surface area contributed by atoms with Gasteiger partial charge in [0.05, 0.1) is 17.9 Å². The quantitative estimate of drug-likeness (QED) is 0.133. The van der Waals surface area contributed by atoms with Gasteiger partial charge in [0.1, 0.15) is 5.02 Å². The number of benzene rings is 1. The number of carbonyl (C=O) groups is 1. The van der Waals surface area contributed by atoms with Crippen LogP contribution in [0.15, 0.2) is 24.3 Å². The molecule has 1 aromatic carbocycles. The minimum absolute atomic E-state index is 0.158. The van der Waals surface area contributed by atoms with Gasteiger partial charge in [-0.2, -0.15) is 4.63 Å². The molecule has 228 valence electrons. The van der Waals surface area contributed by atoms with Crippen LogP contribution in [0.3, 0.4) is 0 Å². The number of nitrogens with zero attached hydrogens (tertiary/aromatic N) is 3. The minimum Gasteiger partial charge on any atom is -0.462 e. The highest BCUT2D eigenvalue weighted by molar-refractivity contribution is 6.34. The van der Waals surface area contributed by atoms with Crippen molar-refractivity contribution in [3.05, 3.63) is 40.5 Å². The summed E-state index contributed by atoms with van der Waals surface area (Å²) >= 11 is 6.99. The van der Waals surface area contributed by atoms with Crippen LogP contribution < -0.4 is 0 Å². The van der Waals surface area contributed by atoms with Crippen LogP contribution in [-0.2, 0) is 10.2 Å². The van der Waals surface area contributed by atoms with Gasteiger partial charge in [-0.3, -0.25) is 5.10 Å². The summed E-state index contributed by atoms with van der Waals surface area (Å²) in [6, 6.07) is 7.43. The van der Waals surface area contributed by atoms with Gasteiger partial charge >= 0.3 is 5.97 Å². The second-order valence-electron chi connectivity index (χ2n) is 13.8. The lowest BCUT2D eigenvalue weighted by atomic mass is 9.49. The summed E-state index contributed by atoms with van der Waals surface area (Å²) in [7, 11) is 0. The van der Waals surface area contributed by atoms with Gasteiger partial charge in [-0.1, -0.05) is 101 Å². The molecule has 4 fully saturated rings. The number of esters is 1. The molecule has 42 heavy (non-hydrogen) atoms. The molecule has 4 aliphatic carbocycles. The number of nitrogens with one attached hydrogen (secondary N) is 1. The molecule has 1 N–H and O–H groups in total. The van der Waals surface area contributed by atoms with Gasteiger partial charge in [-0.05, 0) is 74.8 Å². The first-order valence-electron chi connectivity index (χ1n) is 17.0. The van der Waals surface area contributed by atoms with Gasteiger partial charge < -0.3 is 4.74 Å². The third-order valence-electron chi connectivity index (χ3n) is 10.4. The highest BCUT2D eigenvalue weighted by atomic mass is 35.5. The summed E-state index contributed by atoms with van der Waals surface area (Å²) in [6.07, 6.45) is 23.4. The molecular formula is C35H49ClN4O2. The normalized spacial score (nSPS) is 24.6. The maximum Gasteiger partial charge on any atom is 0.338 e. The Morgan fingerprint density at radius 3 is 2.12 bits per heavy atom. The van der Waals surface area contributed by atoms with Gasteiger partial charge in [-0.15, -0.1) is 5.10 Å². The number of hydrogen-bond acceptors (Lipinski definition) is 4. The highest BCUT2D eigenvalue weighted by Gasteiger charge is 2.53. The lowest BCUT2D eigenvalue weighted by molar-refractivity contribution is -0.00732. The van der Waals surface area contributed by atoms with E-state index in [0.717, 1.165) is 41.9 Å². The van der Waals surface area contributed by atoms with Crippen LogP contribution in [0.1, 0.15) is 139 Å². The number of aromatic nitrogens is 4. The summed E-state index contributed by atoms with van der Waals surface area (Å²) in [4.78, 5) is 17.6. The Bertz CT molecular complexity index is 1310. The average Bonchev–Trinajstić information content (AvgIpc) is 3.54. The Hall–Kier alpha value is -2.34. The molecule has 7 rings (SSSR count). The number of H-pyrrole nitrogens is 1. The summed E-state index contributed by atoms with van der Waals surface area (Å²) in [5.74, 6) is 2.80. The molecule has 6 nitrogen and oxygen atoms in total. The Morgan fingerprint density at radius 1 is 0.929 bits per heavy atom. The third kappa shape index (κ3) is 6.59. The predicted octanol–water partition coefficient (Wildman–Crippen LogP) is 9.70. The molecule has 0 atom stereocenters. The number of aromatic amines is 1. The van der Waals surface area contributed by atoms with E-state index >= 15 is 0 Å². The van der Waals surface area contributed by atoms with Gasteiger partial charge in [-0.25, -0.2) is 9.78 Å². The van der Waals surface area contributed by atoms with Crippen LogP contribution in [0.5, 0.6) is 0 Å². The number of hydrogen-bond donors (Lipinski definition) is 1.